The van der Waals surface area contributed by atoms with E-state index in [0.717, 1.165) is 56.9 Å². The fourth-order valence-electron chi connectivity index (χ4n) is 3.66. The molecule has 4 rings (SSSR count). The number of amides is 1. The number of furan rings is 1. The van der Waals surface area contributed by atoms with E-state index in [1.807, 2.05) is 11.0 Å². The van der Waals surface area contributed by atoms with Crippen molar-refractivity contribution in [3.63, 3.8) is 0 Å². The van der Waals surface area contributed by atoms with Crippen LogP contribution in [0.3, 0.4) is 0 Å². The highest BCUT2D eigenvalue weighted by Crippen LogP contribution is 2.42. The van der Waals surface area contributed by atoms with Crippen LogP contribution in [0.15, 0.2) is 16.7 Å². The monoisotopic (exact) mass is 333 g/mol. The highest BCUT2D eigenvalue weighted by Gasteiger charge is 2.34. The summed E-state index contributed by atoms with van der Waals surface area (Å²) in [5, 5.41) is 0. The van der Waals surface area contributed by atoms with Crippen molar-refractivity contribution >= 4 is 5.91 Å². The van der Waals surface area contributed by atoms with E-state index in [-0.39, 0.29) is 12.0 Å². The van der Waals surface area contributed by atoms with Gasteiger partial charge in [-0.05, 0) is 26.0 Å². The van der Waals surface area contributed by atoms with E-state index in [1.54, 1.807) is 6.26 Å². The Morgan fingerprint density at radius 1 is 1.21 bits per heavy atom. The Hall–Kier alpha value is -1.37. The van der Waals surface area contributed by atoms with E-state index >= 15 is 0 Å². The minimum absolute atomic E-state index is 0.109. The third-order valence-electron chi connectivity index (χ3n) is 5.36. The third-order valence-corrected chi connectivity index (χ3v) is 5.36. The van der Waals surface area contributed by atoms with Crippen LogP contribution < -0.4 is 0 Å². The smallest absolute Gasteiger partial charge is 0.257 e. The Labute approximate surface area is 143 Å². The van der Waals surface area contributed by atoms with Crippen LogP contribution in [0.1, 0.15) is 34.9 Å². The van der Waals surface area contributed by atoms with Crippen molar-refractivity contribution in [1.29, 1.82) is 0 Å². The van der Waals surface area contributed by atoms with Gasteiger partial charge in [0.25, 0.3) is 5.91 Å². The molecule has 0 radical (unpaired) electrons. The molecule has 3 aliphatic rings. The van der Waals surface area contributed by atoms with Crippen LogP contribution in [0.2, 0.25) is 0 Å². The summed E-state index contributed by atoms with van der Waals surface area (Å²) >= 11 is 0. The molecule has 1 atom stereocenters. The van der Waals surface area contributed by atoms with Crippen LogP contribution in [0.4, 0.5) is 0 Å². The molecular formula is C18H27N3O3. The number of piperazine rings is 1. The average Bonchev–Trinajstić information content (AvgIpc) is 3.33. The minimum atomic E-state index is 0.109. The van der Waals surface area contributed by atoms with Gasteiger partial charge >= 0.3 is 0 Å². The lowest BCUT2D eigenvalue weighted by molar-refractivity contribution is -0.0400. The molecule has 1 aliphatic carbocycles. The van der Waals surface area contributed by atoms with Crippen LogP contribution in [0, 0.1) is 0 Å². The molecule has 3 heterocycles. The summed E-state index contributed by atoms with van der Waals surface area (Å²) in [6.07, 6.45) is 4.05. The van der Waals surface area contributed by atoms with E-state index in [2.05, 4.69) is 16.8 Å². The zero-order valence-corrected chi connectivity index (χ0v) is 14.4. The van der Waals surface area contributed by atoms with Crippen molar-refractivity contribution in [2.75, 3.05) is 59.5 Å². The molecule has 132 valence electrons. The fourth-order valence-corrected chi connectivity index (χ4v) is 3.66. The number of likely N-dealkylation sites (N-methyl/N-ethyl adjacent to an activating group) is 1. The summed E-state index contributed by atoms with van der Waals surface area (Å²) in [6.45, 7) is 7.27. The van der Waals surface area contributed by atoms with Crippen LogP contribution in [-0.2, 0) is 4.74 Å². The molecule has 24 heavy (non-hydrogen) atoms. The number of morpholine rings is 1. The molecule has 1 unspecified atom stereocenters. The fraction of sp³-hybridized carbons (Fsp3) is 0.722. The summed E-state index contributed by atoms with van der Waals surface area (Å²) in [5.41, 5.74) is 0.762. The summed E-state index contributed by atoms with van der Waals surface area (Å²) < 4.78 is 11.5. The van der Waals surface area contributed by atoms with Crippen molar-refractivity contribution in [3.8, 4) is 0 Å². The Kier molecular flexibility index (Phi) is 4.61. The number of hydrogen-bond donors (Lipinski definition) is 0. The molecule has 6 heteroatoms. The number of carbonyl (C=O) groups is 1. The third kappa shape index (κ3) is 3.50. The van der Waals surface area contributed by atoms with Gasteiger partial charge in [-0.3, -0.25) is 9.69 Å². The number of ether oxygens (including phenoxy) is 1. The van der Waals surface area contributed by atoms with Crippen LogP contribution in [0.25, 0.3) is 0 Å². The van der Waals surface area contributed by atoms with Gasteiger partial charge in [0.1, 0.15) is 5.76 Å². The Morgan fingerprint density at radius 2 is 2.00 bits per heavy atom. The minimum Gasteiger partial charge on any atom is -0.468 e. The first-order valence-electron chi connectivity index (χ1n) is 9.10. The quantitative estimate of drug-likeness (QED) is 0.830. The van der Waals surface area contributed by atoms with Gasteiger partial charge in [0, 0.05) is 51.7 Å². The summed E-state index contributed by atoms with van der Waals surface area (Å²) in [7, 11) is 2.16. The molecule has 3 fully saturated rings. The number of carbonyl (C=O) groups excluding carboxylic acids is 1. The van der Waals surface area contributed by atoms with E-state index in [9.17, 15) is 4.79 Å². The van der Waals surface area contributed by atoms with E-state index in [4.69, 9.17) is 9.15 Å². The SMILES string of the molecule is CN1CCN(CC2CN(C(=O)c3ccoc3C3CC3)CCO2)CC1. The second kappa shape index (κ2) is 6.86. The predicted molar refractivity (Wildman–Crippen MR) is 90.3 cm³/mol. The highest BCUT2D eigenvalue weighted by atomic mass is 16.5. The average molecular weight is 333 g/mol. The van der Waals surface area contributed by atoms with Gasteiger partial charge in [0.15, 0.2) is 0 Å². The highest BCUT2D eigenvalue weighted by molar-refractivity contribution is 5.95. The van der Waals surface area contributed by atoms with Crippen LogP contribution in [0.5, 0.6) is 0 Å². The van der Waals surface area contributed by atoms with Crippen molar-refractivity contribution in [2.45, 2.75) is 24.9 Å². The van der Waals surface area contributed by atoms with Crippen molar-refractivity contribution in [2.24, 2.45) is 0 Å². The van der Waals surface area contributed by atoms with Crippen LogP contribution >= 0.6 is 0 Å². The zero-order chi connectivity index (χ0) is 16.5. The van der Waals surface area contributed by atoms with Crippen molar-refractivity contribution < 1.29 is 13.9 Å². The second-order valence-corrected chi connectivity index (χ2v) is 7.32. The topological polar surface area (TPSA) is 49.2 Å². The Balaban J connectivity index is 1.35. The summed E-state index contributed by atoms with van der Waals surface area (Å²) in [6, 6.07) is 1.83. The zero-order valence-electron chi connectivity index (χ0n) is 14.4. The first-order valence-corrected chi connectivity index (χ1v) is 9.10. The van der Waals surface area contributed by atoms with Gasteiger partial charge in [-0.1, -0.05) is 0 Å². The maximum absolute atomic E-state index is 12.9. The number of nitrogens with zero attached hydrogens (tertiary/aromatic N) is 3. The lowest BCUT2D eigenvalue weighted by Crippen LogP contribution is -2.52. The maximum atomic E-state index is 12.9. The molecule has 2 aliphatic heterocycles. The van der Waals surface area contributed by atoms with E-state index in [0.29, 0.717) is 25.6 Å². The van der Waals surface area contributed by atoms with Crippen molar-refractivity contribution in [1.82, 2.24) is 14.7 Å². The second-order valence-electron chi connectivity index (χ2n) is 7.32. The van der Waals surface area contributed by atoms with Crippen LogP contribution in [-0.4, -0.2) is 86.2 Å². The Bertz CT molecular complexity index is 576. The molecule has 0 N–H and O–H groups in total. The van der Waals surface area contributed by atoms with Gasteiger partial charge in [-0.15, -0.1) is 0 Å². The molecule has 0 spiro atoms. The van der Waals surface area contributed by atoms with E-state index < -0.39 is 0 Å². The first kappa shape index (κ1) is 16.1. The van der Waals surface area contributed by atoms with Gasteiger partial charge < -0.3 is 19.0 Å². The molecule has 0 bridgehead atoms. The molecule has 1 aromatic heterocycles. The normalized spacial score (nSPS) is 26.7. The van der Waals surface area contributed by atoms with E-state index in [1.165, 1.54) is 0 Å². The van der Waals surface area contributed by atoms with Gasteiger partial charge in [0.05, 0.1) is 24.5 Å². The molecule has 6 nitrogen and oxygen atoms in total. The largest absolute Gasteiger partial charge is 0.468 e. The predicted octanol–water partition coefficient (Wildman–Crippen LogP) is 1.25. The first-order chi connectivity index (χ1) is 11.7. The van der Waals surface area contributed by atoms with Gasteiger partial charge in [-0.2, -0.15) is 0 Å². The molecule has 0 aromatic carbocycles. The molecular weight excluding hydrogens is 306 g/mol. The summed E-state index contributed by atoms with van der Waals surface area (Å²) in [4.78, 5) is 19.6. The van der Waals surface area contributed by atoms with Gasteiger partial charge in [-0.25, -0.2) is 0 Å². The molecule has 1 saturated carbocycles. The van der Waals surface area contributed by atoms with Crippen molar-refractivity contribution in [3.05, 3.63) is 23.7 Å². The van der Waals surface area contributed by atoms with Gasteiger partial charge in [0.2, 0.25) is 0 Å². The molecule has 2 saturated heterocycles. The lowest BCUT2D eigenvalue weighted by Gasteiger charge is -2.38. The number of hydrogen-bond acceptors (Lipinski definition) is 5. The summed E-state index contributed by atoms with van der Waals surface area (Å²) in [5.74, 6) is 1.46. The Morgan fingerprint density at radius 3 is 2.75 bits per heavy atom. The number of rotatable bonds is 4. The molecule has 1 amide bonds. The standard InChI is InChI=1S/C18H27N3O3/c1-19-5-7-20(8-6-19)12-15-13-21(9-11-23-15)18(22)16-4-10-24-17(16)14-2-3-14/h4,10,14-15H,2-3,5-9,11-13H2,1H3. The lowest BCUT2D eigenvalue weighted by atomic mass is 10.1. The maximum Gasteiger partial charge on any atom is 0.257 e. The molecule has 1 aromatic rings.